The molecule has 0 saturated heterocycles. The molecule has 1 aliphatic heterocycles. The van der Waals surface area contributed by atoms with E-state index >= 15 is 0 Å². The van der Waals surface area contributed by atoms with E-state index in [0.29, 0.717) is 0 Å². The highest BCUT2D eigenvalue weighted by molar-refractivity contribution is 5.91. The highest BCUT2D eigenvalue weighted by Crippen LogP contribution is 2.50. The molecule has 0 spiro atoms. The number of rotatable bonds is 8. The van der Waals surface area contributed by atoms with Gasteiger partial charge in [-0.3, -0.25) is 0 Å². The molecule has 1 aliphatic rings. The zero-order valence-electron chi connectivity index (χ0n) is 26.4. The molecule has 2 aromatic heterocycles. The number of unbranched alkanes of at least 4 members (excludes halogenated alkanes) is 1. The molecule has 2 nitrogen and oxygen atoms in total. The molecule has 3 aromatic carbocycles. The van der Waals surface area contributed by atoms with Crippen molar-refractivity contribution in [2.24, 2.45) is 7.05 Å². The van der Waals surface area contributed by atoms with Gasteiger partial charge >= 0.3 is 0 Å². The number of aromatic nitrogens is 2. The number of hydrogen-bond donors (Lipinski definition) is 0. The Morgan fingerprint density at radius 1 is 0.651 bits per heavy atom. The minimum absolute atomic E-state index is 0.125. The highest BCUT2D eigenvalue weighted by atomic mass is 15.0. The van der Waals surface area contributed by atoms with Gasteiger partial charge in [-0.25, -0.2) is 4.57 Å². The molecule has 0 unspecified atom stereocenters. The molecule has 3 heterocycles. The van der Waals surface area contributed by atoms with E-state index in [4.69, 9.17) is 0 Å². The van der Waals surface area contributed by atoms with E-state index in [1.165, 1.54) is 74.3 Å². The summed E-state index contributed by atoms with van der Waals surface area (Å²) in [5.74, 6) is 0. The molecule has 216 valence electrons. The van der Waals surface area contributed by atoms with Crippen LogP contribution in [0.1, 0.15) is 68.7 Å². The fourth-order valence-corrected chi connectivity index (χ4v) is 7.18. The Morgan fingerprint density at radius 3 is 2.05 bits per heavy atom. The predicted octanol–water partition coefficient (Wildman–Crippen LogP) is 9.52. The van der Waals surface area contributed by atoms with Crippen molar-refractivity contribution in [3.63, 3.8) is 0 Å². The van der Waals surface area contributed by atoms with Gasteiger partial charge in [0.05, 0.1) is 11.1 Å². The number of hydrogen-bond acceptors (Lipinski definition) is 0. The van der Waals surface area contributed by atoms with Crippen LogP contribution in [0.3, 0.4) is 0 Å². The largest absolute Gasteiger partial charge is 0.218 e. The number of pyridine rings is 2. The summed E-state index contributed by atoms with van der Waals surface area (Å²) < 4.78 is 4.73. The van der Waals surface area contributed by atoms with Crippen molar-refractivity contribution in [1.29, 1.82) is 0 Å². The van der Waals surface area contributed by atoms with Crippen molar-refractivity contribution in [2.45, 2.75) is 65.2 Å². The van der Waals surface area contributed by atoms with Crippen LogP contribution in [0.2, 0.25) is 0 Å². The monoisotopic (exact) mass is 564 g/mol. The van der Waals surface area contributed by atoms with Gasteiger partial charge in [0.15, 0.2) is 18.6 Å². The Bertz CT molecular complexity index is 1790. The van der Waals surface area contributed by atoms with Crippen LogP contribution in [0, 0.1) is 6.92 Å². The normalized spacial score (nSPS) is 13.6. The first-order valence-corrected chi connectivity index (χ1v) is 16.0. The summed E-state index contributed by atoms with van der Waals surface area (Å²) in [7, 11) is 2.19. The summed E-state index contributed by atoms with van der Waals surface area (Å²) in [6, 6.07) is 35.9. The number of aryl methyl sites for hydroxylation is 3. The Balaban J connectivity index is 1.60. The van der Waals surface area contributed by atoms with Crippen molar-refractivity contribution in [3.8, 4) is 33.6 Å². The fraction of sp³-hybridized carbons (Fsp3) is 0.268. The maximum atomic E-state index is 2.46. The molecule has 0 aliphatic carbocycles. The van der Waals surface area contributed by atoms with Crippen molar-refractivity contribution in [3.05, 3.63) is 132 Å². The van der Waals surface area contributed by atoms with Gasteiger partial charge in [-0.2, -0.15) is 4.57 Å². The molecule has 0 fully saturated rings. The smallest absolute Gasteiger partial charge is 0.200 e. The first-order valence-electron chi connectivity index (χ1n) is 16.0. The molecule has 6 rings (SSSR count). The van der Waals surface area contributed by atoms with E-state index in [1.54, 1.807) is 0 Å². The van der Waals surface area contributed by atoms with E-state index < -0.39 is 0 Å². The number of allylic oxidation sites excluding steroid dienone is 1. The standard InChI is InChI=1S/C41H44N2/c1-6-9-17-31-24-25-39-35-22-15-16-23-37(35)41(7-2,8-3)38(29-43(39)27-31)33-20-13-14-21-34(33)40-26-30(4)36(28-42(40)5)32-18-11-10-12-19-32/h10-16,18-29H,6-9,17H2,1-5H3/q+2. The van der Waals surface area contributed by atoms with Crippen LogP contribution in [-0.2, 0) is 18.9 Å². The molecule has 0 radical (unpaired) electrons. The van der Waals surface area contributed by atoms with E-state index in [2.05, 4.69) is 160 Å². The fourth-order valence-electron chi connectivity index (χ4n) is 7.18. The molecule has 0 atom stereocenters. The maximum Gasteiger partial charge on any atom is 0.218 e. The number of benzene rings is 3. The third kappa shape index (κ3) is 5.14. The lowest BCUT2D eigenvalue weighted by molar-refractivity contribution is -0.660. The molecular formula is C41H44N2+2. The van der Waals surface area contributed by atoms with Crippen molar-refractivity contribution >= 4 is 11.8 Å². The Kier molecular flexibility index (Phi) is 8.13. The molecule has 5 aromatic rings. The van der Waals surface area contributed by atoms with Crippen LogP contribution in [0.5, 0.6) is 0 Å². The van der Waals surface area contributed by atoms with Gasteiger partial charge in [0.1, 0.15) is 7.05 Å². The van der Waals surface area contributed by atoms with Crippen molar-refractivity contribution < 1.29 is 9.13 Å². The zero-order chi connectivity index (χ0) is 30.0. The van der Waals surface area contributed by atoms with Crippen molar-refractivity contribution in [2.75, 3.05) is 0 Å². The summed E-state index contributed by atoms with van der Waals surface area (Å²) in [6.07, 6.45) is 12.7. The highest BCUT2D eigenvalue weighted by Gasteiger charge is 2.42. The summed E-state index contributed by atoms with van der Waals surface area (Å²) in [4.78, 5) is 0. The minimum atomic E-state index is -0.125. The van der Waals surface area contributed by atoms with E-state index in [1.807, 2.05) is 0 Å². The summed E-state index contributed by atoms with van der Waals surface area (Å²) in [5, 5.41) is 0. The van der Waals surface area contributed by atoms with Gasteiger partial charge in [0.25, 0.3) is 0 Å². The quantitative estimate of drug-likeness (QED) is 0.166. The van der Waals surface area contributed by atoms with Crippen LogP contribution in [-0.4, -0.2) is 0 Å². The Morgan fingerprint density at radius 2 is 1.33 bits per heavy atom. The van der Waals surface area contributed by atoms with E-state index in [0.717, 1.165) is 19.3 Å². The molecule has 0 N–H and O–H groups in total. The minimum Gasteiger partial charge on any atom is -0.200 e. The topological polar surface area (TPSA) is 7.76 Å². The Labute approximate surface area is 258 Å². The lowest BCUT2D eigenvalue weighted by Gasteiger charge is -2.35. The summed E-state index contributed by atoms with van der Waals surface area (Å²) in [6.45, 7) is 9.24. The maximum absolute atomic E-state index is 2.46. The first-order chi connectivity index (χ1) is 21.0. The third-order valence-electron chi connectivity index (χ3n) is 9.63. The molecule has 0 amide bonds. The van der Waals surface area contributed by atoms with Crippen LogP contribution in [0.4, 0.5) is 0 Å². The first kappa shape index (κ1) is 28.8. The Hall–Kier alpha value is -4.30. The van der Waals surface area contributed by atoms with Crippen LogP contribution < -0.4 is 9.13 Å². The van der Waals surface area contributed by atoms with Crippen molar-refractivity contribution in [1.82, 2.24) is 0 Å². The van der Waals surface area contributed by atoms with Gasteiger partial charge in [0.2, 0.25) is 11.4 Å². The second-order valence-corrected chi connectivity index (χ2v) is 12.1. The second-order valence-electron chi connectivity index (χ2n) is 12.1. The molecular weight excluding hydrogens is 520 g/mol. The predicted molar refractivity (Wildman–Crippen MR) is 180 cm³/mol. The van der Waals surface area contributed by atoms with Gasteiger partial charge < -0.3 is 0 Å². The SMILES string of the molecule is CCCCc1ccc2[n+](c1)C=C(c1ccccc1-c1cc(C)c(-c3ccccc3)c[n+]1C)C(CC)(CC)c1ccccc1-2. The second kappa shape index (κ2) is 12.1. The van der Waals surface area contributed by atoms with E-state index in [-0.39, 0.29) is 5.41 Å². The van der Waals surface area contributed by atoms with Crippen LogP contribution in [0.25, 0.3) is 45.4 Å². The summed E-state index contributed by atoms with van der Waals surface area (Å²) in [5.41, 5.74) is 14.3. The number of nitrogens with zero attached hydrogens (tertiary/aromatic N) is 2. The zero-order valence-corrected chi connectivity index (χ0v) is 26.4. The molecule has 0 saturated carbocycles. The van der Waals surface area contributed by atoms with Gasteiger partial charge in [-0.05, 0) is 73.1 Å². The lowest BCUT2D eigenvalue weighted by atomic mass is 9.66. The summed E-state index contributed by atoms with van der Waals surface area (Å²) >= 11 is 0. The van der Waals surface area contributed by atoms with Crippen LogP contribution >= 0.6 is 0 Å². The molecule has 2 heteroatoms. The van der Waals surface area contributed by atoms with E-state index in [9.17, 15) is 0 Å². The average molecular weight is 565 g/mol. The van der Waals surface area contributed by atoms with Crippen LogP contribution in [0.15, 0.2) is 109 Å². The van der Waals surface area contributed by atoms with Gasteiger partial charge in [0, 0.05) is 34.2 Å². The molecule has 0 bridgehead atoms. The molecule has 43 heavy (non-hydrogen) atoms. The van der Waals surface area contributed by atoms with Gasteiger partial charge in [-0.1, -0.05) is 93.9 Å². The lowest BCUT2D eigenvalue weighted by Crippen LogP contribution is -2.33. The van der Waals surface area contributed by atoms with Gasteiger partial charge in [-0.15, -0.1) is 0 Å². The third-order valence-corrected chi connectivity index (χ3v) is 9.63. The number of fused-ring (bicyclic) bond motifs is 3. The average Bonchev–Trinajstić information content (AvgIpc) is 3.17.